The van der Waals surface area contributed by atoms with Gasteiger partial charge in [0.2, 0.25) is 0 Å². The molecule has 3 aromatic rings. The van der Waals surface area contributed by atoms with Crippen LogP contribution in [0.15, 0.2) is 48.7 Å². The molecule has 3 rings (SSSR count). The highest BCUT2D eigenvalue weighted by atomic mass is 16.3. The number of rotatable bonds is 4. The maximum atomic E-state index is 10.3. The monoisotopic (exact) mass is 267 g/mol. The van der Waals surface area contributed by atoms with E-state index in [-0.39, 0.29) is 0 Å². The lowest BCUT2D eigenvalue weighted by molar-refractivity contribution is 0.172. The van der Waals surface area contributed by atoms with Crippen molar-refractivity contribution in [3.8, 4) is 0 Å². The van der Waals surface area contributed by atoms with Crippen molar-refractivity contribution < 1.29 is 5.11 Å². The Hall–Kier alpha value is -2.20. The summed E-state index contributed by atoms with van der Waals surface area (Å²) in [5, 5.41) is 16.0. The molecule has 20 heavy (non-hydrogen) atoms. The van der Waals surface area contributed by atoms with Crippen molar-refractivity contribution in [1.29, 1.82) is 0 Å². The second-order valence-corrected chi connectivity index (χ2v) is 4.75. The van der Waals surface area contributed by atoms with Crippen molar-refractivity contribution in [2.24, 2.45) is 0 Å². The largest absolute Gasteiger partial charge is 0.386 e. The Labute approximate surface area is 117 Å². The zero-order valence-electron chi connectivity index (χ0n) is 11.4. The Balaban J connectivity index is 1.95. The maximum Gasteiger partial charge on any atom is 0.102 e. The molecule has 0 radical (unpaired) electrons. The smallest absolute Gasteiger partial charge is 0.102 e. The van der Waals surface area contributed by atoms with E-state index in [9.17, 15) is 5.11 Å². The number of pyridine rings is 1. The highest BCUT2D eigenvalue weighted by Gasteiger charge is 2.15. The van der Waals surface area contributed by atoms with Gasteiger partial charge in [-0.15, -0.1) is 0 Å². The van der Waals surface area contributed by atoms with Crippen LogP contribution in [0.2, 0.25) is 0 Å². The molecule has 1 aromatic carbocycles. The van der Waals surface area contributed by atoms with E-state index in [1.54, 1.807) is 6.20 Å². The molecule has 0 saturated heterocycles. The van der Waals surface area contributed by atoms with Gasteiger partial charge in [-0.2, -0.15) is 5.10 Å². The van der Waals surface area contributed by atoms with Crippen LogP contribution in [0.1, 0.15) is 24.4 Å². The standard InChI is InChI=1S/C16H17N3O/c1-2-19-15-9-4-3-7-12(15)14(18-19)11-16(20)13-8-5-6-10-17-13/h3-10,16,20H,2,11H2,1H3. The summed E-state index contributed by atoms with van der Waals surface area (Å²) >= 11 is 0. The molecular weight excluding hydrogens is 250 g/mol. The van der Waals surface area contributed by atoms with Gasteiger partial charge in [0, 0.05) is 24.5 Å². The van der Waals surface area contributed by atoms with Crippen LogP contribution >= 0.6 is 0 Å². The summed E-state index contributed by atoms with van der Waals surface area (Å²) in [5.74, 6) is 0. The van der Waals surface area contributed by atoms with Crippen molar-refractivity contribution in [3.05, 3.63) is 60.0 Å². The fourth-order valence-corrected chi connectivity index (χ4v) is 2.45. The van der Waals surface area contributed by atoms with Crippen LogP contribution in [-0.2, 0) is 13.0 Å². The predicted octanol–water partition coefficient (Wildman–Crippen LogP) is 2.73. The summed E-state index contributed by atoms with van der Waals surface area (Å²) in [6.07, 6.45) is 1.55. The molecule has 0 bridgehead atoms. The molecule has 102 valence electrons. The van der Waals surface area contributed by atoms with Crippen molar-refractivity contribution >= 4 is 10.9 Å². The lowest BCUT2D eigenvalue weighted by Gasteiger charge is -2.08. The van der Waals surface area contributed by atoms with Gasteiger partial charge in [-0.1, -0.05) is 24.3 Å². The quantitative estimate of drug-likeness (QED) is 0.790. The normalized spacial score (nSPS) is 12.7. The summed E-state index contributed by atoms with van der Waals surface area (Å²) in [5.41, 5.74) is 2.71. The molecule has 0 saturated carbocycles. The molecule has 1 N–H and O–H groups in total. The minimum Gasteiger partial charge on any atom is -0.386 e. The third kappa shape index (κ3) is 2.30. The van der Waals surface area contributed by atoms with Gasteiger partial charge >= 0.3 is 0 Å². The van der Waals surface area contributed by atoms with Gasteiger partial charge in [0.25, 0.3) is 0 Å². The zero-order chi connectivity index (χ0) is 13.9. The molecule has 4 nitrogen and oxygen atoms in total. The second-order valence-electron chi connectivity index (χ2n) is 4.75. The first kappa shape index (κ1) is 12.8. The molecule has 1 unspecified atom stereocenters. The summed E-state index contributed by atoms with van der Waals surface area (Å²) < 4.78 is 1.97. The highest BCUT2D eigenvalue weighted by molar-refractivity contribution is 5.82. The lowest BCUT2D eigenvalue weighted by atomic mass is 10.1. The highest BCUT2D eigenvalue weighted by Crippen LogP contribution is 2.23. The van der Waals surface area contributed by atoms with Crippen molar-refractivity contribution in [1.82, 2.24) is 14.8 Å². The first-order valence-electron chi connectivity index (χ1n) is 6.83. The van der Waals surface area contributed by atoms with Gasteiger partial charge < -0.3 is 5.11 Å². The number of aromatic nitrogens is 3. The minimum absolute atomic E-state index is 0.477. The van der Waals surface area contributed by atoms with Crippen LogP contribution in [0.5, 0.6) is 0 Å². The average molecular weight is 267 g/mol. The fraction of sp³-hybridized carbons (Fsp3) is 0.250. The Morgan fingerprint density at radius 2 is 1.95 bits per heavy atom. The van der Waals surface area contributed by atoms with Gasteiger partial charge in [0.1, 0.15) is 6.10 Å². The number of para-hydroxylation sites is 1. The topological polar surface area (TPSA) is 50.9 Å². The van der Waals surface area contributed by atoms with E-state index in [0.717, 1.165) is 23.1 Å². The third-order valence-electron chi connectivity index (χ3n) is 3.45. The van der Waals surface area contributed by atoms with Gasteiger partial charge in [0.15, 0.2) is 0 Å². The Morgan fingerprint density at radius 1 is 1.15 bits per heavy atom. The first-order valence-corrected chi connectivity index (χ1v) is 6.83. The predicted molar refractivity (Wildman–Crippen MR) is 78.3 cm³/mol. The van der Waals surface area contributed by atoms with Crippen LogP contribution < -0.4 is 0 Å². The number of aliphatic hydroxyl groups is 1. The van der Waals surface area contributed by atoms with E-state index in [1.807, 2.05) is 35.0 Å². The minimum atomic E-state index is -0.625. The van der Waals surface area contributed by atoms with Crippen LogP contribution in [0.25, 0.3) is 10.9 Å². The summed E-state index contributed by atoms with van der Waals surface area (Å²) in [6.45, 7) is 2.89. The van der Waals surface area contributed by atoms with E-state index in [0.29, 0.717) is 12.1 Å². The fourth-order valence-electron chi connectivity index (χ4n) is 2.45. The van der Waals surface area contributed by atoms with Crippen LogP contribution in [-0.4, -0.2) is 19.9 Å². The Morgan fingerprint density at radius 3 is 2.70 bits per heavy atom. The van der Waals surface area contributed by atoms with Crippen LogP contribution in [0, 0.1) is 0 Å². The van der Waals surface area contributed by atoms with E-state index in [4.69, 9.17) is 0 Å². The number of nitrogens with zero attached hydrogens (tertiary/aromatic N) is 3. The molecule has 4 heteroatoms. The van der Waals surface area contributed by atoms with Crippen LogP contribution in [0.3, 0.4) is 0 Å². The number of aliphatic hydroxyl groups excluding tert-OH is 1. The van der Waals surface area contributed by atoms with E-state index in [2.05, 4.69) is 29.1 Å². The Bertz CT molecular complexity index is 706. The summed E-state index contributed by atoms with van der Waals surface area (Å²) in [6, 6.07) is 13.7. The number of aryl methyl sites for hydroxylation is 1. The summed E-state index contributed by atoms with van der Waals surface area (Å²) in [4.78, 5) is 4.20. The first-order chi connectivity index (χ1) is 9.79. The van der Waals surface area contributed by atoms with E-state index >= 15 is 0 Å². The average Bonchev–Trinajstić information content (AvgIpc) is 2.86. The molecule has 2 heterocycles. The molecule has 1 atom stereocenters. The van der Waals surface area contributed by atoms with Crippen LogP contribution in [0.4, 0.5) is 0 Å². The molecular formula is C16H17N3O. The molecule has 0 aliphatic carbocycles. The van der Waals surface area contributed by atoms with Gasteiger partial charge in [-0.05, 0) is 25.1 Å². The second kappa shape index (κ2) is 5.43. The number of hydrogen-bond acceptors (Lipinski definition) is 3. The SMILES string of the molecule is CCn1nc(CC(O)c2ccccn2)c2ccccc21. The van der Waals surface area contributed by atoms with Gasteiger partial charge in [0.05, 0.1) is 16.9 Å². The van der Waals surface area contributed by atoms with E-state index < -0.39 is 6.10 Å². The zero-order valence-corrected chi connectivity index (χ0v) is 11.4. The molecule has 2 aromatic heterocycles. The molecule has 0 aliphatic heterocycles. The molecule has 0 spiro atoms. The van der Waals surface area contributed by atoms with Crippen molar-refractivity contribution in [2.45, 2.75) is 26.0 Å². The van der Waals surface area contributed by atoms with E-state index in [1.165, 1.54) is 0 Å². The number of benzene rings is 1. The molecule has 0 amide bonds. The maximum absolute atomic E-state index is 10.3. The molecule has 0 fully saturated rings. The van der Waals surface area contributed by atoms with Gasteiger partial charge in [-0.3, -0.25) is 9.67 Å². The number of hydrogen-bond donors (Lipinski definition) is 1. The summed E-state index contributed by atoms with van der Waals surface area (Å²) in [7, 11) is 0. The molecule has 0 aliphatic rings. The van der Waals surface area contributed by atoms with Crippen molar-refractivity contribution in [2.75, 3.05) is 0 Å². The van der Waals surface area contributed by atoms with Crippen molar-refractivity contribution in [3.63, 3.8) is 0 Å². The van der Waals surface area contributed by atoms with Gasteiger partial charge in [-0.25, -0.2) is 0 Å². The number of fused-ring (bicyclic) bond motifs is 1. The third-order valence-corrected chi connectivity index (χ3v) is 3.45. The lowest BCUT2D eigenvalue weighted by Crippen LogP contribution is -2.05. The Kier molecular flexibility index (Phi) is 3.48.